The van der Waals surface area contributed by atoms with Gasteiger partial charge in [0.2, 0.25) is 5.91 Å². The second-order valence-electron chi connectivity index (χ2n) is 8.73. The van der Waals surface area contributed by atoms with Gasteiger partial charge in [-0.1, -0.05) is 32.0 Å². The van der Waals surface area contributed by atoms with E-state index < -0.39 is 6.04 Å². The zero-order valence-electron chi connectivity index (χ0n) is 21.4. The summed E-state index contributed by atoms with van der Waals surface area (Å²) in [7, 11) is 4.66. The smallest absolute Gasteiger partial charge is 0.255 e. The van der Waals surface area contributed by atoms with Crippen LogP contribution in [0.25, 0.3) is 0 Å². The first-order chi connectivity index (χ1) is 17.4. The lowest BCUT2D eigenvalue weighted by Gasteiger charge is -2.31. The van der Waals surface area contributed by atoms with Crippen LogP contribution < -0.4 is 19.5 Å². The number of ether oxygens (including phenoxy) is 3. The Bertz CT molecular complexity index is 1130. The van der Waals surface area contributed by atoms with Crippen molar-refractivity contribution in [3.8, 4) is 17.2 Å². The van der Waals surface area contributed by atoms with E-state index in [0.717, 1.165) is 11.3 Å². The molecule has 2 amide bonds. The number of hydrogen-bond donors (Lipinski definition) is 1. The van der Waals surface area contributed by atoms with Crippen molar-refractivity contribution < 1.29 is 23.8 Å². The lowest BCUT2D eigenvalue weighted by atomic mass is 10.0. The molecule has 0 aliphatic heterocycles. The second kappa shape index (κ2) is 13.0. The molecule has 1 heterocycles. The van der Waals surface area contributed by atoms with E-state index in [2.05, 4.69) is 19.2 Å². The van der Waals surface area contributed by atoms with Gasteiger partial charge in [0.05, 0.1) is 27.9 Å². The first-order valence-corrected chi connectivity index (χ1v) is 12.7. The third kappa shape index (κ3) is 6.79. The van der Waals surface area contributed by atoms with Gasteiger partial charge in [-0.05, 0) is 59.7 Å². The fraction of sp³-hybridized carbons (Fsp3) is 0.357. The highest BCUT2D eigenvalue weighted by Crippen LogP contribution is 2.32. The van der Waals surface area contributed by atoms with Gasteiger partial charge in [-0.15, -0.1) is 11.3 Å². The van der Waals surface area contributed by atoms with E-state index in [1.807, 2.05) is 29.6 Å². The van der Waals surface area contributed by atoms with Crippen LogP contribution in [0.15, 0.2) is 60.0 Å². The standard InChI is InChI=1S/C28H34N2O5S/c1-19(2)14-15-29-27(31)26(20-8-11-22(33-3)12-9-20)30(18-23-7-6-16-36-23)28(32)21-10-13-24(34-4)25(17-21)35-5/h6-13,16-17,19,26H,14-15,18H2,1-5H3,(H,29,31)/t26-/m1/s1. The van der Waals surface area contributed by atoms with Crippen LogP contribution in [-0.4, -0.2) is 44.6 Å². The molecule has 0 aliphatic rings. The molecule has 8 heteroatoms. The SMILES string of the molecule is COc1ccc([C@H](C(=O)NCCC(C)C)N(Cc2cccs2)C(=O)c2ccc(OC)c(OC)c2)cc1. The Kier molecular flexibility index (Phi) is 9.76. The summed E-state index contributed by atoms with van der Waals surface area (Å²) in [6, 6.07) is 15.3. The molecular formula is C28H34N2O5S. The van der Waals surface area contributed by atoms with Crippen LogP contribution in [0.3, 0.4) is 0 Å². The Morgan fingerprint density at radius 2 is 1.67 bits per heavy atom. The number of carbonyl (C=O) groups is 2. The number of thiophene rings is 1. The predicted octanol–water partition coefficient (Wildman–Crippen LogP) is 5.32. The van der Waals surface area contributed by atoms with E-state index in [1.165, 1.54) is 18.4 Å². The molecule has 7 nitrogen and oxygen atoms in total. The molecule has 192 valence electrons. The van der Waals surface area contributed by atoms with Crippen LogP contribution in [0.5, 0.6) is 17.2 Å². The predicted molar refractivity (Wildman–Crippen MR) is 142 cm³/mol. The van der Waals surface area contributed by atoms with E-state index in [0.29, 0.717) is 40.8 Å². The molecule has 1 N–H and O–H groups in total. The maximum absolute atomic E-state index is 14.0. The lowest BCUT2D eigenvalue weighted by Crippen LogP contribution is -2.43. The van der Waals surface area contributed by atoms with Gasteiger partial charge in [-0.2, -0.15) is 0 Å². The first-order valence-electron chi connectivity index (χ1n) is 11.8. The highest BCUT2D eigenvalue weighted by atomic mass is 32.1. The Hall–Kier alpha value is -3.52. The van der Waals surface area contributed by atoms with E-state index >= 15 is 0 Å². The van der Waals surface area contributed by atoms with Gasteiger partial charge in [0.1, 0.15) is 11.8 Å². The number of nitrogens with zero attached hydrogens (tertiary/aromatic N) is 1. The van der Waals surface area contributed by atoms with Crippen LogP contribution in [0, 0.1) is 5.92 Å². The van der Waals surface area contributed by atoms with Crippen LogP contribution in [0.4, 0.5) is 0 Å². The number of methoxy groups -OCH3 is 3. The van der Waals surface area contributed by atoms with Gasteiger partial charge in [-0.3, -0.25) is 9.59 Å². The number of nitrogens with one attached hydrogen (secondary N) is 1. The van der Waals surface area contributed by atoms with Crippen LogP contribution in [-0.2, 0) is 11.3 Å². The maximum atomic E-state index is 14.0. The quantitative estimate of drug-likeness (QED) is 0.357. The highest BCUT2D eigenvalue weighted by molar-refractivity contribution is 7.09. The minimum atomic E-state index is -0.842. The summed E-state index contributed by atoms with van der Waals surface area (Å²) >= 11 is 1.54. The average molecular weight is 511 g/mol. The Labute approximate surface area is 217 Å². The highest BCUT2D eigenvalue weighted by Gasteiger charge is 2.33. The van der Waals surface area contributed by atoms with E-state index in [4.69, 9.17) is 14.2 Å². The van der Waals surface area contributed by atoms with Crippen LogP contribution in [0.2, 0.25) is 0 Å². The largest absolute Gasteiger partial charge is 0.497 e. The van der Waals surface area contributed by atoms with Gasteiger partial charge in [0, 0.05) is 17.0 Å². The number of carbonyl (C=O) groups excluding carboxylic acids is 2. The van der Waals surface area contributed by atoms with Gasteiger partial charge in [0.25, 0.3) is 5.91 Å². The monoisotopic (exact) mass is 510 g/mol. The summed E-state index contributed by atoms with van der Waals surface area (Å²) < 4.78 is 16.1. The number of hydrogen-bond acceptors (Lipinski definition) is 6. The number of benzene rings is 2. The average Bonchev–Trinajstić information content (AvgIpc) is 3.41. The van der Waals surface area contributed by atoms with Gasteiger partial charge >= 0.3 is 0 Å². The zero-order valence-corrected chi connectivity index (χ0v) is 22.3. The molecule has 0 fully saturated rings. The third-order valence-corrected chi connectivity index (χ3v) is 6.67. The number of amides is 2. The summed E-state index contributed by atoms with van der Waals surface area (Å²) in [5, 5.41) is 5.00. The Morgan fingerprint density at radius 1 is 0.944 bits per heavy atom. The maximum Gasteiger partial charge on any atom is 0.255 e. The van der Waals surface area contributed by atoms with Gasteiger partial charge in [0.15, 0.2) is 11.5 Å². The topological polar surface area (TPSA) is 77.1 Å². The molecular weight excluding hydrogens is 476 g/mol. The van der Waals surface area contributed by atoms with Gasteiger partial charge < -0.3 is 24.4 Å². The van der Waals surface area contributed by atoms with E-state index in [1.54, 1.807) is 49.5 Å². The first kappa shape index (κ1) is 27.1. The minimum Gasteiger partial charge on any atom is -0.497 e. The van der Waals surface area contributed by atoms with E-state index in [9.17, 15) is 9.59 Å². The molecule has 0 unspecified atom stereocenters. The molecule has 2 aromatic carbocycles. The van der Waals surface area contributed by atoms with Crippen molar-refractivity contribution in [1.82, 2.24) is 10.2 Å². The molecule has 0 radical (unpaired) electrons. The summed E-state index contributed by atoms with van der Waals surface area (Å²) in [5.41, 5.74) is 1.10. The molecule has 36 heavy (non-hydrogen) atoms. The van der Waals surface area contributed by atoms with Crippen LogP contribution >= 0.6 is 11.3 Å². The number of rotatable bonds is 12. The zero-order chi connectivity index (χ0) is 26.1. The molecule has 3 aromatic rings. The lowest BCUT2D eigenvalue weighted by molar-refractivity contribution is -0.126. The van der Waals surface area contributed by atoms with Crippen molar-refractivity contribution in [3.05, 3.63) is 76.0 Å². The van der Waals surface area contributed by atoms with Gasteiger partial charge in [-0.25, -0.2) is 0 Å². The second-order valence-corrected chi connectivity index (χ2v) is 9.76. The minimum absolute atomic E-state index is 0.230. The third-order valence-electron chi connectivity index (χ3n) is 5.81. The summed E-state index contributed by atoms with van der Waals surface area (Å²) in [6.07, 6.45) is 0.843. The van der Waals surface area contributed by atoms with Crippen molar-refractivity contribution in [2.75, 3.05) is 27.9 Å². The molecule has 0 bridgehead atoms. The Morgan fingerprint density at radius 3 is 2.25 bits per heavy atom. The van der Waals surface area contributed by atoms with Crippen molar-refractivity contribution >= 4 is 23.2 Å². The summed E-state index contributed by atoms with van der Waals surface area (Å²) in [5.74, 6) is 1.57. The Balaban J connectivity index is 2.05. The molecule has 0 spiro atoms. The van der Waals surface area contributed by atoms with Crippen molar-refractivity contribution in [3.63, 3.8) is 0 Å². The summed E-state index contributed by atoms with van der Waals surface area (Å²) in [4.78, 5) is 30.2. The fourth-order valence-corrected chi connectivity index (χ4v) is 4.53. The van der Waals surface area contributed by atoms with Crippen molar-refractivity contribution in [1.29, 1.82) is 0 Å². The molecule has 3 rings (SSSR count). The summed E-state index contributed by atoms with van der Waals surface area (Å²) in [6.45, 7) is 5.02. The molecule has 1 atom stereocenters. The molecule has 0 saturated carbocycles. The fourth-order valence-electron chi connectivity index (χ4n) is 3.83. The normalized spacial score (nSPS) is 11.6. The molecule has 1 aromatic heterocycles. The molecule has 0 saturated heterocycles. The molecule has 0 aliphatic carbocycles. The van der Waals surface area contributed by atoms with E-state index in [-0.39, 0.29) is 18.4 Å². The van der Waals surface area contributed by atoms with Crippen LogP contribution in [0.1, 0.15) is 47.1 Å². The van der Waals surface area contributed by atoms with Crippen molar-refractivity contribution in [2.24, 2.45) is 5.92 Å². The van der Waals surface area contributed by atoms with Crippen molar-refractivity contribution in [2.45, 2.75) is 32.9 Å².